The molecule has 0 atom stereocenters. The summed E-state index contributed by atoms with van der Waals surface area (Å²) in [5.74, 6) is 0.0222. The molecule has 0 spiro atoms. The Morgan fingerprint density at radius 1 is 1.10 bits per heavy atom. The van der Waals surface area contributed by atoms with Crippen LogP contribution in [0.1, 0.15) is 11.1 Å². The SMILES string of the molecule is CNC=C(C(=O)Cc1cccc(Cl)c1)c1ccc(Cl)cc1. The molecule has 0 aliphatic rings. The first-order valence-electron chi connectivity index (χ1n) is 6.51. The fourth-order valence-electron chi connectivity index (χ4n) is 2.03. The fourth-order valence-corrected chi connectivity index (χ4v) is 2.37. The monoisotopic (exact) mass is 319 g/mol. The number of halogens is 2. The van der Waals surface area contributed by atoms with Crippen LogP contribution in [0.5, 0.6) is 0 Å². The topological polar surface area (TPSA) is 29.1 Å². The molecule has 0 radical (unpaired) electrons. The van der Waals surface area contributed by atoms with Crippen molar-refractivity contribution in [2.45, 2.75) is 6.42 Å². The van der Waals surface area contributed by atoms with Crippen molar-refractivity contribution in [1.82, 2.24) is 5.32 Å². The van der Waals surface area contributed by atoms with E-state index in [0.717, 1.165) is 11.1 Å². The van der Waals surface area contributed by atoms with Crippen LogP contribution in [0.3, 0.4) is 0 Å². The van der Waals surface area contributed by atoms with Crippen LogP contribution in [0.4, 0.5) is 0 Å². The molecule has 108 valence electrons. The molecule has 0 unspecified atom stereocenters. The smallest absolute Gasteiger partial charge is 0.169 e. The molecule has 0 saturated carbocycles. The van der Waals surface area contributed by atoms with Crippen LogP contribution < -0.4 is 5.32 Å². The van der Waals surface area contributed by atoms with Crippen LogP contribution in [0.2, 0.25) is 10.0 Å². The third-order valence-electron chi connectivity index (χ3n) is 3.00. The number of nitrogens with one attached hydrogen (secondary N) is 1. The molecular formula is C17H15Cl2NO. The van der Waals surface area contributed by atoms with Crippen molar-refractivity contribution in [3.8, 4) is 0 Å². The zero-order valence-corrected chi connectivity index (χ0v) is 13.1. The van der Waals surface area contributed by atoms with E-state index in [0.29, 0.717) is 22.0 Å². The molecule has 0 amide bonds. The number of hydrogen-bond donors (Lipinski definition) is 1. The predicted molar refractivity (Wildman–Crippen MR) is 88.7 cm³/mol. The third-order valence-corrected chi connectivity index (χ3v) is 3.49. The molecule has 0 fully saturated rings. The normalized spacial score (nSPS) is 11.3. The molecule has 0 bridgehead atoms. The highest BCUT2D eigenvalue weighted by atomic mass is 35.5. The fraction of sp³-hybridized carbons (Fsp3) is 0.118. The second-order valence-electron chi connectivity index (χ2n) is 4.58. The van der Waals surface area contributed by atoms with E-state index >= 15 is 0 Å². The maximum absolute atomic E-state index is 12.5. The summed E-state index contributed by atoms with van der Waals surface area (Å²) in [6.07, 6.45) is 2.01. The maximum atomic E-state index is 12.5. The van der Waals surface area contributed by atoms with Gasteiger partial charge in [0.15, 0.2) is 5.78 Å². The lowest BCUT2D eigenvalue weighted by molar-refractivity contribution is -0.113. The summed E-state index contributed by atoms with van der Waals surface area (Å²) in [6, 6.07) is 14.5. The Labute approximate surface area is 134 Å². The number of benzene rings is 2. The van der Waals surface area contributed by atoms with E-state index < -0.39 is 0 Å². The molecule has 21 heavy (non-hydrogen) atoms. The van der Waals surface area contributed by atoms with Crippen LogP contribution in [-0.4, -0.2) is 12.8 Å². The van der Waals surface area contributed by atoms with E-state index in [1.807, 2.05) is 24.3 Å². The average molecular weight is 320 g/mol. The molecule has 2 rings (SSSR count). The molecule has 0 aliphatic heterocycles. The number of rotatable bonds is 5. The van der Waals surface area contributed by atoms with Crippen molar-refractivity contribution in [2.75, 3.05) is 7.05 Å². The molecule has 2 nitrogen and oxygen atoms in total. The summed E-state index contributed by atoms with van der Waals surface area (Å²) < 4.78 is 0. The highest BCUT2D eigenvalue weighted by Gasteiger charge is 2.13. The molecular weight excluding hydrogens is 305 g/mol. The summed E-state index contributed by atoms with van der Waals surface area (Å²) in [5.41, 5.74) is 2.35. The first kappa shape index (κ1) is 15.6. The quantitative estimate of drug-likeness (QED) is 0.829. The standard InChI is InChI=1S/C17H15Cl2NO/c1-20-11-16(13-5-7-14(18)8-6-13)17(21)10-12-3-2-4-15(19)9-12/h2-9,11,20H,10H2,1H3. The number of allylic oxidation sites excluding steroid dienone is 1. The Morgan fingerprint density at radius 2 is 1.81 bits per heavy atom. The Bertz CT molecular complexity index is 663. The molecule has 0 heterocycles. The minimum absolute atomic E-state index is 0.0222. The number of ketones is 1. The number of Topliss-reactive ketones (excluding diaryl/α,β-unsaturated/α-hetero) is 1. The zero-order chi connectivity index (χ0) is 15.2. The van der Waals surface area contributed by atoms with Crippen molar-refractivity contribution in [3.05, 3.63) is 75.9 Å². The van der Waals surface area contributed by atoms with Gasteiger partial charge in [-0.05, 0) is 35.4 Å². The highest BCUT2D eigenvalue weighted by Crippen LogP contribution is 2.20. The highest BCUT2D eigenvalue weighted by molar-refractivity contribution is 6.31. The van der Waals surface area contributed by atoms with Gasteiger partial charge in [0, 0.05) is 35.3 Å². The van der Waals surface area contributed by atoms with Gasteiger partial charge in [-0.25, -0.2) is 0 Å². The predicted octanol–water partition coefficient (Wildman–Crippen LogP) is 4.37. The number of carbonyl (C=O) groups is 1. The first-order valence-corrected chi connectivity index (χ1v) is 7.27. The second-order valence-corrected chi connectivity index (χ2v) is 5.46. The molecule has 0 aliphatic carbocycles. The van der Waals surface area contributed by atoms with Gasteiger partial charge in [0.1, 0.15) is 0 Å². The third kappa shape index (κ3) is 4.35. The second kappa shape index (κ2) is 7.30. The van der Waals surface area contributed by atoms with Gasteiger partial charge in [0.25, 0.3) is 0 Å². The molecule has 2 aromatic carbocycles. The van der Waals surface area contributed by atoms with Crippen LogP contribution in [0.15, 0.2) is 54.7 Å². The van der Waals surface area contributed by atoms with Gasteiger partial charge in [-0.1, -0.05) is 47.5 Å². The summed E-state index contributed by atoms with van der Waals surface area (Å²) in [7, 11) is 1.77. The van der Waals surface area contributed by atoms with E-state index in [-0.39, 0.29) is 5.78 Å². The minimum Gasteiger partial charge on any atom is -0.393 e. The molecule has 1 N–H and O–H groups in total. The molecule has 2 aromatic rings. The van der Waals surface area contributed by atoms with Gasteiger partial charge >= 0.3 is 0 Å². The number of hydrogen-bond acceptors (Lipinski definition) is 2. The van der Waals surface area contributed by atoms with E-state index in [1.165, 1.54) is 0 Å². The lowest BCUT2D eigenvalue weighted by Crippen LogP contribution is -2.09. The Morgan fingerprint density at radius 3 is 2.43 bits per heavy atom. The lowest BCUT2D eigenvalue weighted by atomic mass is 9.98. The van der Waals surface area contributed by atoms with Crippen molar-refractivity contribution in [1.29, 1.82) is 0 Å². The molecule has 0 aromatic heterocycles. The van der Waals surface area contributed by atoms with Crippen LogP contribution in [0, 0.1) is 0 Å². The van der Waals surface area contributed by atoms with E-state index in [4.69, 9.17) is 23.2 Å². The zero-order valence-electron chi connectivity index (χ0n) is 11.6. The summed E-state index contributed by atoms with van der Waals surface area (Å²) >= 11 is 11.8. The number of carbonyl (C=O) groups excluding carboxylic acids is 1. The van der Waals surface area contributed by atoms with Gasteiger partial charge in [-0.2, -0.15) is 0 Å². The molecule has 0 saturated heterocycles. The Hall–Kier alpha value is -1.77. The Kier molecular flexibility index (Phi) is 5.43. The van der Waals surface area contributed by atoms with Crippen LogP contribution in [-0.2, 0) is 11.2 Å². The summed E-state index contributed by atoms with van der Waals surface area (Å²) in [4.78, 5) is 12.5. The van der Waals surface area contributed by atoms with E-state index in [9.17, 15) is 4.79 Å². The average Bonchev–Trinajstić information content (AvgIpc) is 2.46. The lowest BCUT2D eigenvalue weighted by Gasteiger charge is -2.08. The van der Waals surface area contributed by atoms with Crippen molar-refractivity contribution >= 4 is 34.6 Å². The Balaban J connectivity index is 2.24. The van der Waals surface area contributed by atoms with Gasteiger partial charge in [-0.15, -0.1) is 0 Å². The van der Waals surface area contributed by atoms with Gasteiger partial charge in [0.2, 0.25) is 0 Å². The van der Waals surface area contributed by atoms with Gasteiger partial charge in [-0.3, -0.25) is 4.79 Å². The summed E-state index contributed by atoms with van der Waals surface area (Å²) in [6.45, 7) is 0. The van der Waals surface area contributed by atoms with E-state index in [1.54, 1.807) is 37.5 Å². The maximum Gasteiger partial charge on any atom is 0.169 e. The molecule has 4 heteroatoms. The van der Waals surface area contributed by atoms with E-state index in [2.05, 4.69) is 5.32 Å². The van der Waals surface area contributed by atoms with Crippen LogP contribution >= 0.6 is 23.2 Å². The minimum atomic E-state index is 0.0222. The van der Waals surface area contributed by atoms with Gasteiger partial charge < -0.3 is 5.32 Å². The largest absolute Gasteiger partial charge is 0.393 e. The van der Waals surface area contributed by atoms with Crippen molar-refractivity contribution < 1.29 is 4.79 Å². The van der Waals surface area contributed by atoms with Crippen molar-refractivity contribution in [2.24, 2.45) is 0 Å². The summed E-state index contributed by atoms with van der Waals surface area (Å²) in [5, 5.41) is 4.19. The van der Waals surface area contributed by atoms with Crippen LogP contribution in [0.25, 0.3) is 5.57 Å². The first-order chi connectivity index (χ1) is 10.1. The van der Waals surface area contributed by atoms with Crippen molar-refractivity contribution in [3.63, 3.8) is 0 Å². The van der Waals surface area contributed by atoms with Gasteiger partial charge in [0.05, 0.1) is 0 Å².